The number of carbonyl (C=O) groups excluding carboxylic acids is 1. The van der Waals surface area contributed by atoms with Crippen LogP contribution in [-0.4, -0.2) is 38.3 Å². The van der Waals surface area contributed by atoms with Gasteiger partial charge in [-0.1, -0.05) is 0 Å². The first-order valence-corrected chi connectivity index (χ1v) is 8.60. The van der Waals surface area contributed by atoms with E-state index in [-0.39, 0.29) is 29.5 Å². The van der Waals surface area contributed by atoms with E-state index in [0.29, 0.717) is 36.9 Å². The molecule has 9 heteroatoms. The second-order valence-corrected chi connectivity index (χ2v) is 6.00. The zero-order valence-corrected chi connectivity index (χ0v) is 15.5. The zero-order valence-electron chi connectivity index (χ0n) is 15.5. The number of nitrogens with zero attached hydrogens (tertiary/aromatic N) is 1. The van der Waals surface area contributed by atoms with Crippen LogP contribution in [0.15, 0.2) is 30.3 Å². The molecular weight excluding hydrogens is 368 g/mol. The van der Waals surface area contributed by atoms with E-state index >= 15 is 0 Å². The maximum Gasteiger partial charge on any atom is 0.296 e. The molecule has 0 atom stereocenters. The fraction of sp³-hybridized carbons (Fsp3) is 0.316. The van der Waals surface area contributed by atoms with Gasteiger partial charge in [-0.15, -0.1) is 0 Å². The molecule has 3 rings (SSSR count). The van der Waals surface area contributed by atoms with Gasteiger partial charge in [0.2, 0.25) is 5.91 Å². The molecule has 0 aliphatic carbocycles. The van der Waals surface area contributed by atoms with E-state index in [1.165, 1.54) is 12.1 Å². The van der Waals surface area contributed by atoms with E-state index in [2.05, 4.69) is 5.32 Å². The van der Waals surface area contributed by atoms with Gasteiger partial charge in [-0.3, -0.25) is 14.9 Å². The van der Waals surface area contributed by atoms with E-state index in [1.54, 1.807) is 32.4 Å². The van der Waals surface area contributed by atoms with Gasteiger partial charge in [-0.05, 0) is 30.2 Å². The molecule has 9 nitrogen and oxygen atoms in total. The summed E-state index contributed by atoms with van der Waals surface area (Å²) in [6.07, 6.45) is 0.486. The van der Waals surface area contributed by atoms with Gasteiger partial charge in [0.05, 0.1) is 25.2 Å². The Hall–Kier alpha value is -3.49. The Morgan fingerprint density at radius 2 is 1.86 bits per heavy atom. The highest BCUT2D eigenvalue weighted by molar-refractivity contribution is 5.94. The number of aryl methyl sites for hydroxylation is 1. The van der Waals surface area contributed by atoms with Crippen molar-refractivity contribution in [3.8, 4) is 23.0 Å². The summed E-state index contributed by atoms with van der Waals surface area (Å²) < 4.78 is 21.3. The van der Waals surface area contributed by atoms with Crippen LogP contribution in [0.3, 0.4) is 0 Å². The molecule has 0 bridgehead atoms. The fourth-order valence-corrected chi connectivity index (χ4v) is 2.87. The van der Waals surface area contributed by atoms with Crippen LogP contribution in [0.2, 0.25) is 0 Å². The Labute approximate surface area is 161 Å². The lowest BCUT2D eigenvalue weighted by Crippen LogP contribution is -2.17. The molecule has 1 aliphatic rings. The molecular formula is C19H20N2O7. The number of carbonyl (C=O) groups is 1. The number of anilines is 1. The van der Waals surface area contributed by atoms with Crippen LogP contribution in [0.25, 0.3) is 0 Å². The van der Waals surface area contributed by atoms with Gasteiger partial charge in [-0.25, -0.2) is 0 Å². The lowest BCUT2D eigenvalue weighted by Gasteiger charge is -2.19. The third kappa shape index (κ3) is 4.25. The van der Waals surface area contributed by atoms with Crippen LogP contribution < -0.4 is 24.3 Å². The lowest BCUT2D eigenvalue weighted by molar-refractivity contribution is -0.384. The van der Waals surface area contributed by atoms with Crippen molar-refractivity contribution >= 4 is 17.3 Å². The first kappa shape index (κ1) is 19.3. The summed E-state index contributed by atoms with van der Waals surface area (Å²) in [6.45, 7) is 0.659. The number of ether oxygens (including phenoxy) is 4. The van der Waals surface area contributed by atoms with Gasteiger partial charge in [0.15, 0.2) is 11.5 Å². The number of nitro groups is 1. The number of methoxy groups -OCH3 is 2. The van der Waals surface area contributed by atoms with Crippen molar-refractivity contribution < 1.29 is 28.7 Å². The highest BCUT2D eigenvalue weighted by Crippen LogP contribution is 2.39. The van der Waals surface area contributed by atoms with Crippen LogP contribution in [0.4, 0.5) is 11.4 Å². The van der Waals surface area contributed by atoms with Gasteiger partial charge in [0.25, 0.3) is 5.69 Å². The van der Waals surface area contributed by atoms with E-state index in [1.807, 2.05) is 0 Å². The van der Waals surface area contributed by atoms with Crippen LogP contribution in [-0.2, 0) is 11.2 Å². The minimum absolute atomic E-state index is 0.0665. The smallest absolute Gasteiger partial charge is 0.296 e. The summed E-state index contributed by atoms with van der Waals surface area (Å²) in [5.74, 6) is 1.57. The Kier molecular flexibility index (Phi) is 5.83. The molecule has 1 aliphatic heterocycles. The second-order valence-electron chi connectivity index (χ2n) is 6.00. The molecule has 0 aromatic heterocycles. The SMILES string of the molecule is COc1ccc(OC)c(CCC(=O)Nc2cc3c(cc2[N+](=O)[O-])OCCO3)c1. The zero-order chi connectivity index (χ0) is 20.1. The predicted octanol–water partition coefficient (Wildman–Crippen LogP) is 2.95. The molecule has 0 saturated heterocycles. The van der Waals surface area contributed by atoms with Crippen LogP contribution in [0.5, 0.6) is 23.0 Å². The highest BCUT2D eigenvalue weighted by Gasteiger charge is 2.23. The number of hydrogen-bond donors (Lipinski definition) is 1. The molecule has 0 spiro atoms. The molecule has 1 amide bonds. The van der Waals surface area contributed by atoms with Crippen molar-refractivity contribution in [2.24, 2.45) is 0 Å². The number of nitro benzene ring substituents is 1. The molecule has 0 saturated carbocycles. The van der Waals surface area contributed by atoms with E-state index in [9.17, 15) is 14.9 Å². The molecule has 0 fully saturated rings. The Morgan fingerprint density at radius 1 is 1.14 bits per heavy atom. The summed E-state index contributed by atoms with van der Waals surface area (Å²) in [6, 6.07) is 7.99. The quantitative estimate of drug-likeness (QED) is 0.574. The Morgan fingerprint density at radius 3 is 2.50 bits per heavy atom. The Balaban J connectivity index is 1.74. The summed E-state index contributed by atoms with van der Waals surface area (Å²) >= 11 is 0. The van der Waals surface area contributed by atoms with Gasteiger partial charge in [0.1, 0.15) is 30.4 Å². The summed E-state index contributed by atoms with van der Waals surface area (Å²) in [5.41, 5.74) is 0.613. The summed E-state index contributed by atoms with van der Waals surface area (Å²) in [5, 5.41) is 13.9. The topological polar surface area (TPSA) is 109 Å². The van der Waals surface area contributed by atoms with E-state index in [4.69, 9.17) is 18.9 Å². The third-order valence-electron chi connectivity index (χ3n) is 4.24. The molecule has 2 aromatic rings. The van der Waals surface area contributed by atoms with Gasteiger partial charge in [0, 0.05) is 12.5 Å². The number of nitrogens with one attached hydrogen (secondary N) is 1. The maximum absolute atomic E-state index is 12.4. The van der Waals surface area contributed by atoms with Crippen molar-refractivity contribution in [3.63, 3.8) is 0 Å². The van der Waals surface area contributed by atoms with Crippen LogP contribution >= 0.6 is 0 Å². The lowest BCUT2D eigenvalue weighted by atomic mass is 10.1. The first-order chi connectivity index (χ1) is 13.5. The molecule has 1 N–H and O–H groups in total. The van der Waals surface area contributed by atoms with Gasteiger partial charge in [-0.2, -0.15) is 0 Å². The molecule has 2 aromatic carbocycles. The van der Waals surface area contributed by atoms with Crippen molar-refractivity contribution in [1.82, 2.24) is 0 Å². The van der Waals surface area contributed by atoms with E-state index in [0.717, 1.165) is 5.56 Å². The Bertz CT molecular complexity index is 898. The number of hydrogen-bond acceptors (Lipinski definition) is 7. The normalized spacial score (nSPS) is 12.2. The highest BCUT2D eigenvalue weighted by atomic mass is 16.6. The average Bonchev–Trinajstić information content (AvgIpc) is 2.71. The first-order valence-electron chi connectivity index (χ1n) is 8.60. The fourth-order valence-electron chi connectivity index (χ4n) is 2.87. The standard InChI is InChI=1S/C19H20N2O7/c1-25-13-4-5-16(26-2)12(9-13)3-6-19(22)20-14-10-17-18(28-8-7-27-17)11-15(14)21(23)24/h4-5,9-11H,3,6-8H2,1-2H3,(H,20,22). The van der Waals surface area contributed by atoms with Crippen molar-refractivity contribution in [2.45, 2.75) is 12.8 Å². The van der Waals surface area contributed by atoms with Crippen molar-refractivity contribution in [1.29, 1.82) is 0 Å². The molecule has 148 valence electrons. The second kappa shape index (κ2) is 8.47. The van der Waals surface area contributed by atoms with E-state index < -0.39 is 4.92 Å². The molecule has 0 radical (unpaired) electrons. The number of fused-ring (bicyclic) bond motifs is 1. The van der Waals surface area contributed by atoms with Crippen LogP contribution in [0, 0.1) is 10.1 Å². The maximum atomic E-state index is 12.4. The molecule has 1 heterocycles. The number of benzene rings is 2. The van der Waals surface area contributed by atoms with Crippen LogP contribution in [0.1, 0.15) is 12.0 Å². The minimum Gasteiger partial charge on any atom is -0.497 e. The number of rotatable bonds is 7. The van der Waals surface area contributed by atoms with Crippen molar-refractivity contribution in [3.05, 3.63) is 46.0 Å². The monoisotopic (exact) mass is 388 g/mol. The number of amides is 1. The van der Waals surface area contributed by atoms with Gasteiger partial charge < -0.3 is 24.3 Å². The largest absolute Gasteiger partial charge is 0.497 e. The third-order valence-corrected chi connectivity index (χ3v) is 4.24. The van der Waals surface area contributed by atoms with Gasteiger partial charge >= 0.3 is 0 Å². The summed E-state index contributed by atoms with van der Waals surface area (Å²) in [4.78, 5) is 23.2. The molecule has 0 unspecified atom stereocenters. The van der Waals surface area contributed by atoms with Crippen molar-refractivity contribution in [2.75, 3.05) is 32.8 Å². The average molecular weight is 388 g/mol. The predicted molar refractivity (Wildman–Crippen MR) is 101 cm³/mol. The summed E-state index contributed by atoms with van der Waals surface area (Å²) in [7, 11) is 3.10. The minimum atomic E-state index is -0.570. The molecule has 28 heavy (non-hydrogen) atoms.